The minimum atomic E-state index is -0.284. The SMILES string of the molecule is CC1CCC(C(C)C)C(OC(=O)c2ccccc2N)C1.COc1ccccc1C(=O)c1ccccc1. The minimum Gasteiger partial charge on any atom is -0.496 e. The average molecular weight is 488 g/mol. The van der Waals surface area contributed by atoms with Crippen LogP contribution in [-0.2, 0) is 4.74 Å². The number of esters is 1. The Hall–Kier alpha value is -3.60. The number of ether oxygens (including phenoxy) is 2. The number of anilines is 1. The molecule has 0 radical (unpaired) electrons. The first-order valence-electron chi connectivity index (χ1n) is 12.6. The fraction of sp³-hybridized carbons (Fsp3) is 0.355. The number of rotatable bonds is 6. The van der Waals surface area contributed by atoms with Gasteiger partial charge in [-0.2, -0.15) is 0 Å². The maximum absolute atomic E-state index is 12.3. The van der Waals surface area contributed by atoms with E-state index in [9.17, 15) is 9.59 Å². The van der Waals surface area contributed by atoms with E-state index in [0.717, 1.165) is 12.8 Å². The zero-order chi connectivity index (χ0) is 26.1. The van der Waals surface area contributed by atoms with Crippen LogP contribution in [-0.4, -0.2) is 25.0 Å². The summed E-state index contributed by atoms with van der Waals surface area (Å²) in [6.45, 7) is 6.64. The summed E-state index contributed by atoms with van der Waals surface area (Å²) < 4.78 is 11.0. The molecule has 0 heterocycles. The molecule has 2 N–H and O–H groups in total. The molecule has 5 heteroatoms. The van der Waals surface area contributed by atoms with E-state index in [0.29, 0.717) is 45.9 Å². The van der Waals surface area contributed by atoms with Crippen molar-refractivity contribution in [1.29, 1.82) is 0 Å². The van der Waals surface area contributed by atoms with Crippen molar-refractivity contribution in [2.24, 2.45) is 17.8 Å². The molecule has 5 nitrogen and oxygen atoms in total. The van der Waals surface area contributed by atoms with E-state index in [2.05, 4.69) is 20.8 Å². The van der Waals surface area contributed by atoms with Gasteiger partial charge in [0, 0.05) is 11.3 Å². The second-order valence-electron chi connectivity index (χ2n) is 9.75. The zero-order valence-electron chi connectivity index (χ0n) is 21.6. The average Bonchev–Trinajstić information content (AvgIpc) is 2.89. The van der Waals surface area contributed by atoms with Gasteiger partial charge in [0.1, 0.15) is 11.9 Å². The standard InChI is InChI=1S/C17H25NO2.C14H12O2/c1-11(2)13-9-8-12(3)10-16(13)20-17(19)14-6-4-5-7-15(14)18;1-16-13-10-6-5-9-12(13)14(15)11-7-3-2-4-8-11/h4-7,11-13,16H,8-10,18H2,1-3H3;2-10H,1H3. The van der Waals surface area contributed by atoms with E-state index in [1.54, 1.807) is 43.5 Å². The van der Waals surface area contributed by atoms with Crippen molar-refractivity contribution in [3.05, 3.63) is 95.6 Å². The number of nitrogens with two attached hydrogens (primary N) is 1. The summed E-state index contributed by atoms with van der Waals surface area (Å²) in [5, 5.41) is 0. The molecule has 1 aliphatic rings. The van der Waals surface area contributed by atoms with Gasteiger partial charge in [0.15, 0.2) is 5.78 Å². The van der Waals surface area contributed by atoms with Crippen LogP contribution in [0.15, 0.2) is 78.9 Å². The Bertz CT molecular complexity index is 1140. The maximum Gasteiger partial charge on any atom is 0.340 e. The Kier molecular flexibility index (Phi) is 9.69. The smallest absolute Gasteiger partial charge is 0.340 e. The normalized spacial score (nSPS) is 19.1. The predicted molar refractivity (Wildman–Crippen MR) is 144 cm³/mol. The lowest BCUT2D eigenvalue weighted by Gasteiger charge is -2.36. The van der Waals surface area contributed by atoms with Gasteiger partial charge in [0.25, 0.3) is 0 Å². The molecule has 0 saturated heterocycles. The highest BCUT2D eigenvalue weighted by Gasteiger charge is 2.33. The molecule has 0 bridgehead atoms. The topological polar surface area (TPSA) is 78.6 Å². The van der Waals surface area contributed by atoms with Gasteiger partial charge >= 0.3 is 5.97 Å². The van der Waals surface area contributed by atoms with Crippen molar-refractivity contribution in [1.82, 2.24) is 0 Å². The first-order valence-corrected chi connectivity index (χ1v) is 12.6. The van der Waals surface area contributed by atoms with Gasteiger partial charge in [-0.15, -0.1) is 0 Å². The van der Waals surface area contributed by atoms with Gasteiger partial charge in [0.2, 0.25) is 0 Å². The van der Waals surface area contributed by atoms with Crippen molar-refractivity contribution in [2.75, 3.05) is 12.8 Å². The first-order chi connectivity index (χ1) is 17.3. The van der Waals surface area contributed by atoms with Crippen LogP contribution in [0.2, 0.25) is 0 Å². The Labute approximate surface area is 214 Å². The molecule has 3 unspecified atom stereocenters. The summed E-state index contributed by atoms with van der Waals surface area (Å²) in [5.74, 6) is 1.92. The van der Waals surface area contributed by atoms with Gasteiger partial charge in [-0.1, -0.05) is 81.8 Å². The van der Waals surface area contributed by atoms with E-state index in [4.69, 9.17) is 15.2 Å². The van der Waals surface area contributed by atoms with E-state index in [-0.39, 0.29) is 17.9 Å². The number of hydrogen-bond donors (Lipinski definition) is 1. The summed E-state index contributed by atoms with van der Waals surface area (Å²) in [7, 11) is 1.57. The van der Waals surface area contributed by atoms with E-state index < -0.39 is 0 Å². The van der Waals surface area contributed by atoms with Crippen molar-refractivity contribution in [3.63, 3.8) is 0 Å². The lowest BCUT2D eigenvalue weighted by atomic mass is 9.75. The molecule has 0 spiro atoms. The number of hydrogen-bond acceptors (Lipinski definition) is 5. The van der Waals surface area contributed by atoms with Crippen molar-refractivity contribution in [3.8, 4) is 5.75 Å². The van der Waals surface area contributed by atoms with Crippen LogP contribution >= 0.6 is 0 Å². The van der Waals surface area contributed by atoms with Crippen LogP contribution in [0.5, 0.6) is 5.75 Å². The number of carbonyl (C=O) groups is 2. The number of methoxy groups -OCH3 is 1. The van der Waals surface area contributed by atoms with Gasteiger partial charge in [0.05, 0.1) is 18.2 Å². The highest BCUT2D eigenvalue weighted by molar-refractivity contribution is 6.10. The number of benzene rings is 3. The molecule has 3 aromatic carbocycles. The third-order valence-electron chi connectivity index (χ3n) is 6.79. The quantitative estimate of drug-likeness (QED) is 0.235. The third-order valence-corrected chi connectivity index (χ3v) is 6.79. The largest absolute Gasteiger partial charge is 0.496 e. The second-order valence-corrected chi connectivity index (χ2v) is 9.75. The van der Waals surface area contributed by atoms with Gasteiger partial charge in [-0.05, 0) is 54.9 Å². The summed E-state index contributed by atoms with van der Waals surface area (Å²) in [5.41, 5.74) is 8.08. The zero-order valence-corrected chi connectivity index (χ0v) is 21.6. The van der Waals surface area contributed by atoms with Crippen LogP contribution in [0.1, 0.15) is 66.3 Å². The number of ketones is 1. The fourth-order valence-corrected chi connectivity index (χ4v) is 4.71. The molecule has 190 valence electrons. The van der Waals surface area contributed by atoms with Crippen LogP contribution < -0.4 is 10.5 Å². The second kappa shape index (κ2) is 12.9. The molecule has 36 heavy (non-hydrogen) atoms. The highest BCUT2D eigenvalue weighted by Crippen LogP contribution is 2.36. The third kappa shape index (κ3) is 6.97. The molecule has 3 atom stereocenters. The Morgan fingerprint density at radius 3 is 2.11 bits per heavy atom. The predicted octanol–water partition coefficient (Wildman–Crippen LogP) is 6.81. The van der Waals surface area contributed by atoms with Crippen molar-refractivity contribution < 1.29 is 19.1 Å². The summed E-state index contributed by atoms with van der Waals surface area (Å²) in [6, 6.07) is 23.5. The molecule has 1 fully saturated rings. The lowest BCUT2D eigenvalue weighted by Crippen LogP contribution is -2.36. The lowest BCUT2D eigenvalue weighted by molar-refractivity contribution is -0.0173. The minimum absolute atomic E-state index is 0.0157. The van der Waals surface area contributed by atoms with Crippen LogP contribution in [0, 0.1) is 17.8 Å². The molecule has 0 aliphatic heterocycles. The highest BCUT2D eigenvalue weighted by atomic mass is 16.5. The molecule has 1 saturated carbocycles. The monoisotopic (exact) mass is 487 g/mol. The molecule has 3 aromatic rings. The van der Waals surface area contributed by atoms with Gasteiger partial charge in [-0.3, -0.25) is 4.79 Å². The summed E-state index contributed by atoms with van der Waals surface area (Å²) >= 11 is 0. The van der Waals surface area contributed by atoms with E-state index in [1.165, 1.54) is 6.42 Å². The molecule has 4 rings (SSSR count). The Morgan fingerprint density at radius 1 is 0.861 bits per heavy atom. The number of nitrogen functional groups attached to an aromatic ring is 1. The molecular weight excluding hydrogens is 450 g/mol. The summed E-state index contributed by atoms with van der Waals surface area (Å²) in [6.07, 6.45) is 3.35. The molecule has 0 aromatic heterocycles. The van der Waals surface area contributed by atoms with Crippen LogP contribution in [0.3, 0.4) is 0 Å². The first kappa shape index (κ1) is 27.0. The van der Waals surface area contributed by atoms with E-state index in [1.807, 2.05) is 42.5 Å². The van der Waals surface area contributed by atoms with E-state index >= 15 is 0 Å². The van der Waals surface area contributed by atoms with Crippen molar-refractivity contribution >= 4 is 17.4 Å². The fourth-order valence-electron chi connectivity index (χ4n) is 4.71. The van der Waals surface area contributed by atoms with Crippen LogP contribution in [0.4, 0.5) is 5.69 Å². The molecule has 0 amide bonds. The van der Waals surface area contributed by atoms with Crippen molar-refractivity contribution in [2.45, 2.75) is 46.1 Å². The molecule has 1 aliphatic carbocycles. The molecular formula is C31H37NO4. The Balaban J connectivity index is 0.000000205. The van der Waals surface area contributed by atoms with Crippen LogP contribution in [0.25, 0.3) is 0 Å². The maximum atomic E-state index is 12.3. The number of para-hydroxylation sites is 2. The number of carbonyl (C=O) groups excluding carboxylic acids is 2. The summed E-state index contributed by atoms with van der Waals surface area (Å²) in [4.78, 5) is 24.5. The van der Waals surface area contributed by atoms with Gasteiger partial charge in [-0.25, -0.2) is 4.79 Å². The van der Waals surface area contributed by atoms with Gasteiger partial charge < -0.3 is 15.2 Å². The Morgan fingerprint density at radius 2 is 1.47 bits per heavy atom.